The number of carbonyl (C=O) groups is 2. The van der Waals surface area contributed by atoms with E-state index < -0.39 is 0 Å². The molecule has 0 spiro atoms. The van der Waals surface area contributed by atoms with Gasteiger partial charge in [-0.3, -0.25) is 4.79 Å². The molecule has 0 atom stereocenters. The minimum absolute atomic E-state index is 0.0826. The van der Waals surface area contributed by atoms with Crippen molar-refractivity contribution in [3.8, 4) is 0 Å². The first kappa shape index (κ1) is 16.1. The van der Waals surface area contributed by atoms with E-state index in [2.05, 4.69) is 0 Å². The first-order valence-electron chi connectivity index (χ1n) is 7.04. The van der Waals surface area contributed by atoms with Crippen molar-refractivity contribution in [3.63, 3.8) is 0 Å². The molecule has 0 aliphatic carbocycles. The Balaban J connectivity index is 1.87. The molecule has 1 saturated heterocycles. The van der Waals surface area contributed by atoms with Gasteiger partial charge in [-0.1, -0.05) is 11.6 Å². The van der Waals surface area contributed by atoms with Crippen molar-refractivity contribution in [1.82, 2.24) is 9.80 Å². The van der Waals surface area contributed by atoms with Crippen LogP contribution in [0.2, 0.25) is 4.34 Å². The number of nitrogens with zero attached hydrogens (tertiary/aromatic N) is 2. The van der Waals surface area contributed by atoms with E-state index in [0.717, 1.165) is 11.3 Å². The van der Waals surface area contributed by atoms with Crippen LogP contribution in [0.1, 0.15) is 18.2 Å². The normalized spacial score (nSPS) is 15.7. The summed E-state index contributed by atoms with van der Waals surface area (Å²) in [5, 5.41) is 0. The van der Waals surface area contributed by atoms with Gasteiger partial charge in [0.25, 0.3) is 0 Å². The SMILES string of the molecule is CCOC(=O)N1CCCN(C(=O)Cc2ccc(Cl)s2)CC1. The molecule has 0 aromatic carbocycles. The Bertz CT molecular complexity index is 506. The van der Waals surface area contributed by atoms with Gasteiger partial charge in [0.15, 0.2) is 0 Å². The fourth-order valence-corrected chi connectivity index (χ4v) is 3.35. The second kappa shape index (κ2) is 7.66. The Morgan fingerprint density at radius 3 is 2.62 bits per heavy atom. The molecule has 2 heterocycles. The predicted molar refractivity (Wildman–Crippen MR) is 82.8 cm³/mol. The first-order chi connectivity index (χ1) is 10.1. The smallest absolute Gasteiger partial charge is 0.409 e. The maximum atomic E-state index is 12.3. The van der Waals surface area contributed by atoms with Crippen LogP contribution in [0.25, 0.3) is 0 Å². The standard InChI is InChI=1S/C14H19ClN2O3S/c1-2-20-14(19)17-7-3-6-16(8-9-17)13(18)10-11-4-5-12(15)21-11/h4-5H,2-3,6-10H2,1H3. The Labute approximate surface area is 133 Å². The molecule has 7 heteroatoms. The van der Waals surface area contributed by atoms with Crippen molar-refractivity contribution in [3.05, 3.63) is 21.3 Å². The Kier molecular flexibility index (Phi) is 5.87. The minimum Gasteiger partial charge on any atom is -0.450 e. The van der Waals surface area contributed by atoms with Crippen molar-refractivity contribution >= 4 is 34.9 Å². The van der Waals surface area contributed by atoms with Crippen LogP contribution in [0, 0.1) is 0 Å². The summed E-state index contributed by atoms with van der Waals surface area (Å²) in [6, 6.07) is 3.69. The number of ether oxygens (including phenoxy) is 1. The maximum Gasteiger partial charge on any atom is 0.409 e. The lowest BCUT2D eigenvalue weighted by Gasteiger charge is -2.21. The molecule has 116 valence electrons. The van der Waals surface area contributed by atoms with Gasteiger partial charge in [0.2, 0.25) is 5.91 Å². The third-order valence-corrected chi connectivity index (χ3v) is 4.56. The van der Waals surface area contributed by atoms with Crippen molar-refractivity contribution in [2.75, 3.05) is 32.8 Å². The van der Waals surface area contributed by atoms with Gasteiger partial charge < -0.3 is 14.5 Å². The van der Waals surface area contributed by atoms with Crippen LogP contribution in [-0.2, 0) is 16.0 Å². The highest BCUT2D eigenvalue weighted by atomic mass is 35.5. The van der Waals surface area contributed by atoms with E-state index in [0.29, 0.717) is 43.5 Å². The van der Waals surface area contributed by atoms with E-state index in [-0.39, 0.29) is 12.0 Å². The molecule has 2 amide bonds. The molecular formula is C14H19ClN2O3S. The summed E-state index contributed by atoms with van der Waals surface area (Å²) in [5.41, 5.74) is 0. The average Bonchev–Trinajstić information content (AvgIpc) is 2.73. The van der Waals surface area contributed by atoms with E-state index in [4.69, 9.17) is 16.3 Å². The summed E-state index contributed by atoms with van der Waals surface area (Å²) in [5.74, 6) is 0.0826. The number of thiophene rings is 1. The van der Waals surface area contributed by atoms with Gasteiger partial charge in [-0.05, 0) is 25.5 Å². The van der Waals surface area contributed by atoms with E-state index >= 15 is 0 Å². The molecule has 0 radical (unpaired) electrons. The number of hydrogen-bond acceptors (Lipinski definition) is 4. The molecular weight excluding hydrogens is 312 g/mol. The third-order valence-electron chi connectivity index (χ3n) is 3.33. The Morgan fingerprint density at radius 1 is 1.24 bits per heavy atom. The lowest BCUT2D eigenvalue weighted by molar-refractivity contribution is -0.130. The predicted octanol–water partition coefficient (Wildman–Crippen LogP) is 2.63. The minimum atomic E-state index is -0.295. The summed E-state index contributed by atoms with van der Waals surface area (Å²) in [6.07, 6.45) is 0.851. The molecule has 0 bridgehead atoms. The van der Waals surface area contributed by atoms with Crippen LogP contribution in [0.5, 0.6) is 0 Å². The molecule has 0 unspecified atom stereocenters. The molecule has 0 N–H and O–H groups in total. The third kappa shape index (κ3) is 4.61. The highest BCUT2D eigenvalue weighted by Gasteiger charge is 2.22. The maximum absolute atomic E-state index is 12.3. The van der Waals surface area contributed by atoms with E-state index in [1.165, 1.54) is 11.3 Å². The number of halogens is 1. The Hall–Kier alpha value is -1.27. The molecule has 1 aromatic rings. The monoisotopic (exact) mass is 330 g/mol. The van der Waals surface area contributed by atoms with Crippen LogP contribution < -0.4 is 0 Å². The average molecular weight is 331 g/mol. The summed E-state index contributed by atoms with van der Waals surface area (Å²) >= 11 is 7.31. The number of rotatable bonds is 3. The van der Waals surface area contributed by atoms with Crippen LogP contribution >= 0.6 is 22.9 Å². The molecule has 21 heavy (non-hydrogen) atoms. The molecule has 2 rings (SSSR count). The van der Waals surface area contributed by atoms with Gasteiger partial charge in [-0.25, -0.2) is 4.79 Å². The second-order valence-electron chi connectivity index (χ2n) is 4.80. The van der Waals surface area contributed by atoms with Crippen molar-refractivity contribution in [2.45, 2.75) is 19.8 Å². The number of carbonyl (C=O) groups excluding carboxylic acids is 2. The highest BCUT2D eigenvalue weighted by Crippen LogP contribution is 2.22. The zero-order valence-corrected chi connectivity index (χ0v) is 13.6. The van der Waals surface area contributed by atoms with Gasteiger partial charge in [-0.15, -0.1) is 11.3 Å². The van der Waals surface area contributed by atoms with Crippen LogP contribution in [0.3, 0.4) is 0 Å². The largest absolute Gasteiger partial charge is 0.450 e. The van der Waals surface area contributed by atoms with E-state index in [1.807, 2.05) is 11.0 Å². The molecule has 1 aliphatic rings. The molecule has 1 aliphatic heterocycles. The molecule has 1 aromatic heterocycles. The second-order valence-corrected chi connectivity index (χ2v) is 6.60. The molecule has 1 fully saturated rings. The van der Waals surface area contributed by atoms with Crippen molar-refractivity contribution < 1.29 is 14.3 Å². The first-order valence-corrected chi connectivity index (χ1v) is 8.23. The van der Waals surface area contributed by atoms with Gasteiger partial charge in [0.05, 0.1) is 17.4 Å². The van der Waals surface area contributed by atoms with Gasteiger partial charge in [0, 0.05) is 31.1 Å². The van der Waals surface area contributed by atoms with Gasteiger partial charge in [0.1, 0.15) is 0 Å². The van der Waals surface area contributed by atoms with Crippen LogP contribution in [-0.4, -0.2) is 54.6 Å². The van der Waals surface area contributed by atoms with Gasteiger partial charge in [-0.2, -0.15) is 0 Å². The zero-order valence-electron chi connectivity index (χ0n) is 12.0. The zero-order chi connectivity index (χ0) is 15.2. The van der Waals surface area contributed by atoms with E-state index in [1.54, 1.807) is 17.9 Å². The highest BCUT2D eigenvalue weighted by molar-refractivity contribution is 7.16. The quantitative estimate of drug-likeness (QED) is 0.856. The fraction of sp³-hybridized carbons (Fsp3) is 0.571. The van der Waals surface area contributed by atoms with Crippen molar-refractivity contribution in [2.24, 2.45) is 0 Å². The summed E-state index contributed by atoms with van der Waals surface area (Å²) in [4.78, 5) is 28.4. The lowest BCUT2D eigenvalue weighted by Crippen LogP contribution is -2.38. The summed E-state index contributed by atoms with van der Waals surface area (Å²) < 4.78 is 5.70. The number of hydrogen-bond donors (Lipinski definition) is 0. The fourth-order valence-electron chi connectivity index (χ4n) is 2.27. The summed E-state index contributed by atoms with van der Waals surface area (Å²) in [6.45, 7) is 4.54. The number of amides is 2. The molecule has 0 saturated carbocycles. The van der Waals surface area contributed by atoms with Crippen molar-refractivity contribution in [1.29, 1.82) is 0 Å². The topological polar surface area (TPSA) is 49.9 Å². The van der Waals surface area contributed by atoms with Crippen LogP contribution in [0.15, 0.2) is 12.1 Å². The van der Waals surface area contributed by atoms with E-state index in [9.17, 15) is 9.59 Å². The Morgan fingerprint density at radius 2 is 1.95 bits per heavy atom. The summed E-state index contributed by atoms with van der Waals surface area (Å²) in [7, 11) is 0. The molecule has 5 nitrogen and oxygen atoms in total. The van der Waals surface area contributed by atoms with Crippen LogP contribution in [0.4, 0.5) is 4.79 Å². The van der Waals surface area contributed by atoms with Gasteiger partial charge >= 0.3 is 6.09 Å². The lowest BCUT2D eigenvalue weighted by atomic mass is 10.3.